The largest absolute Gasteiger partial charge is 0.203 e. The fourth-order valence-electron chi connectivity index (χ4n) is 5.59. The summed E-state index contributed by atoms with van der Waals surface area (Å²) >= 11 is 0. The topological polar surface area (TPSA) is 0 Å². The van der Waals surface area contributed by atoms with E-state index in [-0.39, 0.29) is 5.56 Å². The van der Waals surface area contributed by atoms with Crippen molar-refractivity contribution in [1.82, 2.24) is 0 Å². The number of hydrogen-bond donors (Lipinski definition) is 0. The summed E-state index contributed by atoms with van der Waals surface area (Å²) in [5.74, 6) is -1.59. The third kappa shape index (κ3) is 8.86. The summed E-state index contributed by atoms with van der Waals surface area (Å²) in [5.41, 5.74) is 6.80. The van der Waals surface area contributed by atoms with E-state index < -0.39 is 11.6 Å². The van der Waals surface area contributed by atoms with E-state index in [9.17, 15) is 0 Å². The molecule has 0 bridgehead atoms. The number of rotatable bonds is 16. The van der Waals surface area contributed by atoms with E-state index in [0.717, 1.165) is 24.0 Å². The van der Waals surface area contributed by atoms with Crippen molar-refractivity contribution >= 4 is 0 Å². The van der Waals surface area contributed by atoms with Crippen LogP contribution in [0.4, 0.5) is 8.78 Å². The third-order valence-electron chi connectivity index (χ3n) is 8.22. The maximum Gasteiger partial charge on any atom is 0.167 e. The van der Waals surface area contributed by atoms with Crippen LogP contribution in [0.2, 0.25) is 0 Å². The Morgan fingerprint density at radius 2 is 0.683 bits per heavy atom. The van der Waals surface area contributed by atoms with Crippen LogP contribution in [0, 0.1) is 11.6 Å². The summed E-state index contributed by atoms with van der Waals surface area (Å²) < 4.78 is 30.5. The van der Waals surface area contributed by atoms with Crippen molar-refractivity contribution < 1.29 is 8.78 Å². The Balaban J connectivity index is 1.37. The average Bonchev–Trinajstić information content (AvgIpc) is 3.01. The monoisotopic (exact) mass is 552 g/mol. The van der Waals surface area contributed by atoms with Gasteiger partial charge in [0.2, 0.25) is 0 Å². The molecule has 0 spiro atoms. The van der Waals surface area contributed by atoms with Gasteiger partial charge in [0, 0.05) is 11.1 Å². The number of hydrogen-bond acceptors (Lipinski definition) is 0. The molecule has 0 aliphatic heterocycles. The Bertz CT molecular complexity index is 1320. The van der Waals surface area contributed by atoms with Crippen molar-refractivity contribution in [2.45, 2.75) is 97.3 Å². The molecular weight excluding hydrogens is 506 g/mol. The van der Waals surface area contributed by atoms with E-state index in [0.29, 0.717) is 16.7 Å². The molecule has 0 amide bonds. The minimum absolute atomic E-state index is 0.288. The van der Waals surface area contributed by atoms with Crippen LogP contribution in [-0.4, -0.2) is 0 Å². The maximum absolute atomic E-state index is 15.3. The number of aryl methyl sites for hydroxylation is 2. The zero-order valence-electron chi connectivity index (χ0n) is 25.0. The normalized spacial score (nSPS) is 11.2. The molecule has 0 unspecified atom stereocenters. The van der Waals surface area contributed by atoms with Crippen LogP contribution < -0.4 is 0 Å². The second-order valence-electron chi connectivity index (χ2n) is 11.4. The lowest BCUT2D eigenvalue weighted by Gasteiger charge is -2.11. The highest BCUT2D eigenvalue weighted by Crippen LogP contribution is 2.33. The lowest BCUT2D eigenvalue weighted by atomic mass is 9.95. The Morgan fingerprint density at radius 1 is 0.366 bits per heavy atom. The zero-order valence-corrected chi connectivity index (χ0v) is 25.0. The van der Waals surface area contributed by atoms with Gasteiger partial charge in [0.1, 0.15) is 0 Å². The molecule has 41 heavy (non-hydrogen) atoms. The molecule has 4 aromatic rings. The Labute approximate surface area is 246 Å². The summed E-state index contributed by atoms with van der Waals surface area (Å²) in [7, 11) is 0. The van der Waals surface area contributed by atoms with Gasteiger partial charge < -0.3 is 0 Å². The van der Waals surface area contributed by atoms with Crippen LogP contribution in [0.25, 0.3) is 33.4 Å². The van der Waals surface area contributed by atoms with Gasteiger partial charge in [-0.05, 0) is 59.1 Å². The molecule has 0 heterocycles. The first kappa shape index (κ1) is 30.7. The molecule has 0 aliphatic rings. The van der Waals surface area contributed by atoms with E-state index in [4.69, 9.17) is 0 Å². The van der Waals surface area contributed by atoms with Crippen molar-refractivity contribution in [3.8, 4) is 33.4 Å². The summed E-state index contributed by atoms with van der Waals surface area (Å²) in [6.07, 6.45) is 16.2. The molecule has 0 N–H and O–H groups in total. The van der Waals surface area contributed by atoms with E-state index in [1.54, 1.807) is 12.1 Å². The molecule has 0 atom stereocenters. The average molecular weight is 553 g/mol. The minimum atomic E-state index is -0.797. The van der Waals surface area contributed by atoms with Crippen molar-refractivity contribution in [3.63, 3.8) is 0 Å². The number of unbranched alkanes of at least 4 members (excludes halogenated alkanes) is 9. The van der Waals surface area contributed by atoms with Gasteiger partial charge in [-0.15, -0.1) is 0 Å². The van der Waals surface area contributed by atoms with Crippen molar-refractivity contribution in [3.05, 3.63) is 108 Å². The molecule has 0 saturated heterocycles. The molecule has 4 rings (SSSR count). The Kier molecular flexibility index (Phi) is 12.2. The van der Waals surface area contributed by atoms with Crippen LogP contribution in [0.5, 0.6) is 0 Å². The standard InChI is InChI=1S/C39H46F2/c1-3-5-7-9-11-13-15-30-16-20-32(21-17-30)33-24-26-35(27-25-33)37-29-28-36(38(40)39(37)41)34-22-18-31(19-23-34)14-12-10-8-6-4-2/h16-29H,3-15H2,1-2H3. The minimum Gasteiger partial charge on any atom is -0.203 e. The second kappa shape index (κ2) is 16.2. The van der Waals surface area contributed by atoms with Crippen LogP contribution >= 0.6 is 0 Å². The maximum atomic E-state index is 15.3. The highest BCUT2D eigenvalue weighted by molar-refractivity contribution is 5.74. The summed E-state index contributed by atoms with van der Waals surface area (Å²) in [6.45, 7) is 4.47. The van der Waals surface area contributed by atoms with Crippen molar-refractivity contribution in [1.29, 1.82) is 0 Å². The first-order valence-electron chi connectivity index (χ1n) is 15.9. The molecular formula is C39H46F2. The fourth-order valence-corrected chi connectivity index (χ4v) is 5.59. The molecule has 0 saturated carbocycles. The van der Waals surface area contributed by atoms with Gasteiger partial charge >= 0.3 is 0 Å². The highest BCUT2D eigenvalue weighted by atomic mass is 19.2. The van der Waals surface area contributed by atoms with Gasteiger partial charge in [0.25, 0.3) is 0 Å². The van der Waals surface area contributed by atoms with Crippen LogP contribution in [0.15, 0.2) is 84.9 Å². The Hall–Kier alpha value is -3.26. The van der Waals surface area contributed by atoms with E-state index in [1.165, 1.54) is 81.8 Å². The predicted molar refractivity (Wildman–Crippen MR) is 172 cm³/mol. The van der Waals surface area contributed by atoms with E-state index >= 15 is 8.78 Å². The van der Waals surface area contributed by atoms with E-state index in [2.05, 4.69) is 38.1 Å². The predicted octanol–water partition coefficient (Wildman–Crippen LogP) is 12.4. The molecule has 216 valence electrons. The molecule has 4 aromatic carbocycles. The number of benzene rings is 4. The lowest BCUT2D eigenvalue weighted by Crippen LogP contribution is -1.94. The molecule has 0 fully saturated rings. The van der Waals surface area contributed by atoms with Gasteiger partial charge in [-0.3, -0.25) is 0 Å². The highest BCUT2D eigenvalue weighted by Gasteiger charge is 2.16. The number of halogens is 2. The SMILES string of the molecule is CCCCCCCCc1ccc(-c2ccc(-c3ccc(-c4ccc(CCCCCCC)cc4)c(F)c3F)cc2)cc1. The lowest BCUT2D eigenvalue weighted by molar-refractivity contribution is 0.514. The van der Waals surface area contributed by atoms with Gasteiger partial charge in [-0.2, -0.15) is 0 Å². The van der Waals surface area contributed by atoms with Crippen LogP contribution in [0.1, 0.15) is 95.6 Å². The van der Waals surface area contributed by atoms with Crippen molar-refractivity contribution in [2.24, 2.45) is 0 Å². The van der Waals surface area contributed by atoms with Crippen LogP contribution in [-0.2, 0) is 12.8 Å². The smallest absolute Gasteiger partial charge is 0.167 e. The van der Waals surface area contributed by atoms with Crippen molar-refractivity contribution in [2.75, 3.05) is 0 Å². The summed E-state index contributed by atoms with van der Waals surface area (Å²) in [4.78, 5) is 0. The van der Waals surface area contributed by atoms with Crippen LogP contribution in [0.3, 0.4) is 0 Å². The third-order valence-corrected chi connectivity index (χ3v) is 8.22. The summed E-state index contributed by atoms with van der Waals surface area (Å²) in [6, 6.07) is 27.8. The van der Waals surface area contributed by atoms with Gasteiger partial charge in [-0.25, -0.2) is 8.78 Å². The molecule has 0 radical (unpaired) electrons. The summed E-state index contributed by atoms with van der Waals surface area (Å²) in [5, 5.41) is 0. The quantitative estimate of drug-likeness (QED) is 0.121. The molecule has 2 heteroatoms. The van der Waals surface area contributed by atoms with Gasteiger partial charge in [-0.1, -0.05) is 157 Å². The van der Waals surface area contributed by atoms with Gasteiger partial charge in [0.15, 0.2) is 11.6 Å². The van der Waals surface area contributed by atoms with Gasteiger partial charge in [0.05, 0.1) is 0 Å². The zero-order chi connectivity index (χ0) is 28.9. The molecule has 0 aliphatic carbocycles. The molecule has 0 nitrogen and oxygen atoms in total. The second-order valence-corrected chi connectivity index (χ2v) is 11.4. The first-order chi connectivity index (χ1) is 20.1. The Morgan fingerprint density at radius 3 is 1.10 bits per heavy atom. The fraction of sp³-hybridized carbons (Fsp3) is 0.385. The first-order valence-corrected chi connectivity index (χ1v) is 15.9. The molecule has 0 aromatic heterocycles. The van der Waals surface area contributed by atoms with E-state index in [1.807, 2.05) is 48.5 Å².